The molecule has 0 amide bonds. The van der Waals surface area contributed by atoms with Crippen LogP contribution in [0.5, 0.6) is 17.6 Å². The highest BCUT2D eigenvalue weighted by molar-refractivity contribution is 5.73. The molecule has 2 fully saturated rings. The Balaban J connectivity index is 0.00000114. The molecule has 0 unspecified atom stereocenters. The Morgan fingerprint density at radius 1 is 0.936 bits per heavy atom. The molecule has 3 aromatic rings. The number of alkyl halides is 2. The molecule has 0 spiro atoms. The van der Waals surface area contributed by atoms with Gasteiger partial charge < -0.3 is 19.3 Å². The van der Waals surface area contributed by atoms with Gasteiger partial charge in [0.1, 0.15) is 12.4 Å². The maximum Gasteiger partial charge on any atom is 0.320 e. The van der Waals surface area contributed by atoms with Crippen LogP contribution in [0.3, 0.4) is 0 Å². The molecule has 5 rings (SSSR count). The third-order valence-corrected chi connectivity index (χ3v) is 8.34. The normalized spacial score (nSPS) is 15.9. The number of carbonyl (C=O) groups is 1. The van der Waals surface area contributed by atoms with E-state index in [-0.39, 0.29) is 19.4 Å². The molecule has 2 aromatic carbocycles. The Morgan fingerprint density at radius 2 is 1.62 bits per heavy atom. The molecule has 0 aliphatic carbocycles. The molecule has 47 heavy (non-hydrogen) atoms. The monoisotopic (exact) mass is 656 g/mol. The summed E-state index contributed by atoms with van der Waals surface area (Å²) in [5.74, 6) is -1.19. The summed E-state index contributed by atoms with van der Waals surface area (Å²) in [5.41, 5.74) is 6.37. The van der Waals surface area contributed by atoms with Crippen LogP contribution in [0, 0.1) is 13.8 Å². The zero-order valence-electron chi connectivity index (χ0n) is 28.4. The number of rotatable bonds is 12. The molecule has 0 atom stereocenters. The summed E-state index contributed by atoms with van der Waals surface area (Å²) >= 11 is 0. The van der Waals surface area contributed by atoms with Crippen LogP contribution in [0.2, 0.25) is 0 Å². The van der Waals surface area contributed by atoms with Crippen molar-refractivity contribution in [2.75, 3.05) is 46.4 Å². The van der Waals surface area contributed by atoms with Crippen molar-refractivity contribution < 1.29 is 32.9 Å². The van der Waals surface area contributed by atoms with Crippen molar-refractivity contribution in [1.29, 1.82) is 0 Å². The van der Waals surface area contributed by atoms with Crippen molar-refractivity contribution in [2.45, 2.75) is 78.9 Å². The molecule has 0 bridgehead atoms. The summed E-state index contributed by atoms with van der Waals surface area (Å²) in [5, 5.41) is 6.89. The predicted molar refractivity (Wildman–Crippen MR) is 180 cm³/mol. The SMILES string of the molecule is CC.COc1nc(OCc2cccc(-c3cccc(OCCCN4CCC(F)(F)C4)c3C)c2C)ncc1CN1CCCCC1.O=CO. The van der Waals surface area contributed by atoms with Gasteiger partial charge in [0.05, 0.1) is 20.3 Å². The van der Waals surface area contributed by atoms with Gasteiger partial charge in [-0.25, -0.2) is 13.8 Å². The summed E-state index contributed by atoms with van der Waals surface area (Å²) in [6.45, 7) is 12.6. The Morgan fingerprint density at radius 3 is 2.28 bits per heavy atom. The molecule has 1 aromatic heterocycles. The lowest BCUT2D eigenvalue weighted by Crippen LogP contribution is -2.29. The third kappa shape index (κ3) is 11.1. The number of ether oxygens (including phenoxy) is 3. The van der Waals surface area contributed by atoms with E-state index in [9.17, 15) is 8.78 Å². The highest BCUT2D eigenvalue weighted by Crippen LogP contribution is 2.34. The van der Waals surface area contributed by atoms with Gasteiger partial charge in [-0.05, 0) is 80.1 Å². The predicted octanol–water partition coefficient (Wildman–Crippen LogP) is 7.17. The summed E-state index contributed by atoms with van der Waals surface area (Å²) in [7, 11) is 1.63. The van der Waals surface area contributed by atoms with E-state index in [1.165, 1.54) is 19.3 Å². The van der Waals surface area contributed by atoms with E-state index in [4.69, 9.17) is 24.1 Å². The summed E-state index contributed by atoms with van der Waals surface area (Å²) < 4.78 is 44.6. The fraction of sp³-hybridized carbons (Fsp3) is 0.528. The van der Waals surface area contributed by atoms with Crippen LogP contribution in [0.25, 0.3) is 11.1 Å². The molecule has 2 aliphatic rings. The molecule has 2 saturated heterocycles. The van der Waals surface area contributed by atoms with Crippen molar-refractivity contribution in [1.82, 2.24) is 19.8 Å². The number of benzene rings is 2. The Labute approximate surface area is 277 Å². The molecule has 9 nitrogen and oxygen atoms in total. The number of methoxy groups -OCH3 is 1. The molecular formula is C36H50F2N4O5. The number of nitrogens with zero attached hydrogens (tertiary/aromatic N) is 4. The van der Waals surface area contributed by atoms with Gasteiger partial charge >= 0.3 is 6.01 Å². The Hall–Kier alpha value is -3.83. The number of carboxylic acid groups (broad SMARTS) is 1. The molecule has 0 radical (unpaired) electrons. The van der Waals surface area contributed by atoms with Crippen molar-refractivity contribution in [2.24, 2.45) is 0 Å². The second-order valence-corrected chi connectivity index (χ2v) is 11.5. The van der Waals surface area contributed by atoms with Crippen molar-refractivity contribution in [3.05, 3.63) is 64.8 Å². The van der Waals surface area contributed by atoms with Crippen molar-refractivity contribution >= 4 is 6.47 Å². The third-order valence-electron chi connectivity index (χ3n) is 8.34. The zero-order valence-corrected chi connectivity index (χ0v) is 28.4. The second kappa shape index (κ2) is 19.1. The average molecular weight is 657 g/mol. The Bertz CT molecular complexity index is 1400. The number of hydrogen-bond acceptors (Lipinski definition) is 8. The zero-order chi connectivity index (χ0) is 34.2. The maximum absolute atomic E-state index is 13.4. The van der Waals surface area contributed by atoms with Gasteiger partial charge in [0, 0.05) is 37.8 Å². The first-order valence-electron chi connectivity index (χ1n) is 16.5. The lowest BCUT2D eigenvalue weighted by Gasteiger charge is -2.26. The number of piperidine rings is 1. The molecule has 258 valence electrons. The molecular weight excluding hydrogens is 606 g/mol. The number of hydrogen-bond donors (Lipinski definition) is 1. The van der Waals surface area contributed by atoms with E-state index in [0.29, 0.717) is 44.6 Å². The van der Waals surface area contributed by atoms with Crippen molar-refractivity contribution in [3.8, 4) is 28.8 Å². The largest absolute Gasteiger partial charge is 0.493 e. The van der Waals surface area contributed by atoms with Gasteiger partial charge in [-0.15, -0.1) is 0 Å². The second-order valence-electron chi connectivity index (χ2n) is 11.5. The van der Waals surface area contributed by atoms with Gasteiger partial charge in [0.25, 0.3) is 12.4 Å². The molecule has 0 saturated carbocycles. The minimum absolute atomic E-state index is 0.0508. The van der Waals surface area contributed by atoms with Crippen LogP contribution in [-0.4, -0.2) is 83.7 Å². The molecule has 2 aliphatic heterocycles. The van der Waals surface area contributed by atoms with Gasteiger partial charge in [0.2, 0.25) is 5.88 Å². The maximum atomic E-state index is 13.4. The average Bonchev–Trinajstić information content (AvgIpc) is 3.43. The van der Waals surface area contributed by atoms with Crippen LogP contribution in [0.15, 0.2) is 42.6 Å². The van der Waals surface area contributed by atoms with E-state index in [0.717, 1.165) is 58.8 Å². The van der Waals surface area contributed by atoms with Crippen molar-refractivity contribution in [3.63, 3.8) is 0 Å². The van der Waals surface area contributed by atoms with E-state index in [2.05, 4.69) is 46.9 Å². The van der Waals surface area contributed by atoms with E-state index in [1.807, 2.05) is 43.1 Å². The highest BCUT2D eigenvalue weighted by atomic mass is 19.3. The number of likely N-dealkylation sites (tertiary alicyclic amines) is 2. The lowest BCUT2D eigenvalue weighted by atomic mass is 9.93. The fourth-order valence-electron chi connectivity index (χ4n) is 5.89. The van der Waals surface area contributed by atoms with Gasteiger partial charge in [-0.1, -0.05) is 50.6 Å². The van der Waals surface area contributed by atoms with Crippen LogP contribution in [0.4, 0.5) is 8.78 Å². The summed E-state index contributed by atoms with van der Waals surface area (Å²) in [4.78, 5) is 21.6. The van der Waals surface area contributed by atoms with Crippen LogP contribution in [-0.2, 0) is 17.9 Å². The highest BCUT2D eigenvalue weighted by Gasteiger charge is 2.37. The first-order valence-corrected chi connectivity index (χ1v) is 16.5. The van der Waals surface area contributed by atoms with E-state index >= 15 is 0 Å². The smallest absolute Gasteiger partial charge is 0.320 e. The minimum Gasteiger partial charge on any atom is -0.493 e. The standard InChI is InChI=1S/C33H42F2N4O3.C2H6.CH2O2/c1-24-26(22-42-32-36-20-27(31(37-32)40-3)21-38-15-5-4-6-16-38)10-7-11-28(24)29-12-8-13-30(25(29)2)41-19-9-17-39-18-14-33(34,35)23-39;1-2;2-1-3/h7-8,10-13,20H,4-6,9,14-19,21-23H2,1-3H3;1-2H3;1H,(H,2,3). The van der Waals surface area contributed by atoms with Crippen LogP contribution >= 0.6 is 0 Å². The summed E-state index contributed by atoms with van der Waals surface area (Å²) in [6, 6.07) is 12.5. The summed E-state index contributed by atoms with van der Waals surface area (Å²) in [6.07, 6.45) is 6.22. The lowest BCUT2D eigenvalue weighted by molar-refractivity contribution is -0.122. The van der Waals surface area contributed by atoms with E-state index in [1.54, 1.807) is 7.11 Å². The first kappa shape index (κ1) is 37.6. The van der Waals surface area contributed by atoms with Gasteiger partial charge in [-0.3, -0.25) is 14.6 Å². The van der Waals surface area contributed by atoms with E-state index < -0.39 is 5.92 Å². The number of aromatic nitrogens is 2. The quantitative estimate of drug-likeness (QED) is 0.161. The minimum atomic E-state index is -2.56. The topological polar surface area (TPSA) is 97.3 Å². The van der Waals surface area contributed by atoms with Crippen LogP contribution < -0.4 is 14.2 Å². The van der Waals surface area contributed by atoms with Crippen LogP contribution in [0.1, 0.15) is 68.2 Å². The fourth-order valence-corrected chi connectivity index (χ4v) is 5.89. The molecule has 3 heterocycles. The molecule has 1 N–H and O–H groups in total. The number of halogens is 2. The first-order chi connectivity index (χ1) is 22.7. The Kier molecular flexibility index (Phi) is 15.3. The van der Waals surface area contributed by atoms with Gasteiger partial charge in [0.15, 0.2) is 0 Å². The molecule has 11 heteroatoms. The van der Waals surface area contributed by atoms with Gasteiger partial charge in [-0.2, -0.15) is 4.98 Å².